The topological polar surface area (TPSA) is 78.5 Å². The number of amides is 3. The number of hydrogen-bond donors (Lipinski definition) is 2. The van der Waals surface area contributed by atoms with Gasteiger partial charge in [-0.15, -0.1) is 0 Å². The first-order chi connectivity index (χ1) is 15.5. The molecular weight excluding hydrogens is 402 g/mol. The van der Waals surface area contributed by atoms with Gasteiger partial charge in [-0.3, -0.25) is 14.4 Å². The van der Waals surface area contributed by atoms with E-state index in [0.717, 1.165) is 23.2 Å². The third-order valence-electron chi connectivity index (χ3n) is 5.57. The second-order valence-electron chi connectivity index (χ2n) is 7.82. The molecule has 2 N–H and O–H groups in total. The summed E-state index contributed by atoms with van der Waals surface area (Å²) in [5.41, 5.74) is 4.02. The normalized spacial score (nSPS) is 13.2. The van der Waals surface area contributed by atoms with Crippen molar-refractivity contribution in [1.29, 1.82) is 0 Å². The van der Waals surface area contributed by atoms with Crippen molar-refractivity contribution in [2.45, 2.75) is 25.8 Å². The Morgan fingerprint density at radius 3 is 2.31 bits per heavy atom. The van der Waals surface area contributed by atoms with E-state index in [1.165, 1.54) is 0 Å². The van der Waals surface area contributed by atoms with Crippen LogP contribution in [-0.2, 0) is 16.0 Å². The highest BCUT2D eigenvalue weighted by Gasteiger charge is 2.23. The van der Waals surface area contributed by atoms with Crippen LogP contribution in [0.25, 0.3) is 0 Å². The smallest absolute Gasteiger partial charge is 0.251 e. The molecule has 3 aromatic carbocycles. The van der Waals surface area contributed by atoms with Crippen molar-refractivity contribution in [3.63, 3.8) is 0 Å². The zero-order chi connectivity index (χ0) is 22.5. The van der Waals surface area contributed by atoms with Crippen molar-refractivity contribution in [3.8, 4) is 0 Å². The standard InChI is InChI=1S/C26H25N3O3/c1-18(30)29-15-14-21-16-22(12-13-24(21)29)27-25(31)17-23(19-8-4-2-5-9-19)28-26(32)20-10-6-3-7-11-20/h2-13,16,23H,14-15,17H2,1H3,(H,27,31)(H,28,32). The van der Waals surface area contributed by atoms with Gasteiger partial charge in [0.25, 0.3) is 5.91 Å². The Labute approximate surface area is 187 Å². The summed E-state index contributed by atoms with van der Waals surface area (Å²) >= 11 is 0. The number of rotatable bonds is 6. The van der Waals surface area contributed by atoms with E-state index >= 15 is 0 Å². The fraction of sp³-hybridized carbons (Fsp3) is 0.192. The second kappa shape index (κ2) is 9.47. The molecule has 1 atom stereocenters. The average Bonchev–Trinajstić information content (AvgIpc) is 3.23. The first-order valence-electron chi connectivity index (χ1n) is 10.6. The molecule has 0 spiro atoms. The average molecular weight is 428 g/mol. The number of nitrogens with one attached hydrogen (secondary N) is 2. The van der Waals surface area contributed by atoms with Crippen molar-refractivity contribution >= 4 is 29.1 Å². The van der Waals surface area contributed by atoms with Crippen LogP contribution in [0.15, 0.2) is 78.9 Å². The van der Waals surface area contributed by atoms with Gasteiger partial charge >= 0.3 is 0 Å². The number of nitrogens with zero attached hydrogens (tertiary/aromatic N) is 1. The summed E-state index contributed by atoms with van der Waals surface area (Å²) in [6.45, 7) is 2.21. The Kier molecular flexibility index (Phi) is 6.31. The van der Waals surface area contributed by atoms with Gasteiger partial charge in [0.15, 0.2) is 0 Å². The molecule has 1 heterocycles. The van der Waals surface area contributed by atoms with E-state index in [4.69, 9.17) is 0 Å². The van der Waals surface area contributed by atoms with Crippen LogP contribution in [0, 0.1) is 0 Å². The zero-order valence-corrected chi connectivity index (χ0v) is 17.9. The monoisotopic (exact) mass is 427 g/mol. The van der Waals surface area contributed by atoms with Crippen LogP contribution < -0.4 is 15.5 Å². The van der Waals surface area contributed by atoms with E-state index in [0.29, 0.717) is 17.8 Å². The molecule has 0 saturated carbocycles. The first-order valence-corrected chi connectivity index (χ1v) is 10.6. The highest BCUT2D eigenvalue weighted by Crippen LogP contribution is 2.30. The van der Waals surface area contributed by atoms with E-state index < -0.39 is 6.04 Å². The molecule has 4 rings (SSSR count). The van der Waals surface area contributed by atoms with Crippen LogP contribution in [0.3, 0.4) is 0 Å². The van der Waals surface area contributed by atoms with Gasteiger partial charge in [-0.2, -0.15) is 0 Å². The molecule has 0 fully saturated rings. The molecule has 6 nitrogen and oxygen atoms in total. The van der Waals surface area contributed by atoms with Gasteiger partial charge in [0, 0.05) is 30.4 Å². The third kappa shape index (κ3) is 4.86. The number of carbonyl (C=O) groups is 3. The maximum absolute atomic E-state index is 12.9. The lowest BCUT2D eigenvalue weighted by Crippen LogP contribution is -2.31. The van der Waals surface area contributed by atoms with Crippen LogP contribution >= 0.6 is 0 Å². The maximum atomic E-state index is 12.9. The molecule has 0 aliphatic carbocycles. The zero-order valence-electron chi connectivity index (χ0n) is 17.9. The molecule has 0 aromatic heterocycles. The molecule has 1 aliphatic heterocycles. The quantitative estimate of drug-likeness (QED) is 0.622. The Hall–Kier alpha value is -3.93. The van der Waals surface area contributed by atoms with Gasteiger partial charge in [0.2, 0.25) is 11.8 Å². The molecule has 0 bridgehead atoms. The molecule has 0 saturated heterocycles. The summed E-state index contributed by atoms with van der Waals surface area (Å²) in [5, 5.41) is 5.92. The predicted molar refractivity (Wildman–Crippen MR) is 125 cm³/mol. The second-order valence-corrected chi connectivity index (χ2v) is 7.82. The lowest BCUT2D eigenvalue weighted by atomic mass is 10.0. The maximum Gasteiger partial charge on any atom is 0.251 e. The van der Waals surface area contributed by atoms with Gasteiger partial charge < -0.3 is 15.5 Å². The molecule has 0 radical (unpaired) electrons. The number of fused-ring (bicyclic) bond motifs is 1. The lowest BCUT2D eigenvalue weighted by Gasteiger charge is -2.19. The van der Waals surface area contributed by atoms with Gasteiger partial charge in [0.1, 0.15) is 0 Å². The van der Waals surface area contributed by atoms with E-state index in [1.54, 1.807) is 42.2 Å². The van der Waals surface area contributed by atoms with Gasteiger partial charge in [-0.1, -0.05) is 48.5 Å². The number of anilines is 2. The van der Waals surface area contributed by atoms with E-state index in [9.17, 15) is 14.4 Å². The summed E-state index contributed by atoms with van der Waals surface area (Å²) in [5.74, 6) is -0.414. The van der Waals surface area contributed by atoms with Crippen LogP contribution in [0.5, 0.6) is 0 Å². The lowest BCUT2D eigenvalue weighted by molar-refractivity contribution is -0.117. The molecule has 1 unspecified atom stereocenters. The molecule has 162 valence electrons. The fourth-order valence-electron chi connectivity index (χ4n) is 3.97. The van der Waals surface area contributed by atoms with Crippen LogP contribution in [0.2, 0.25) is 0 Å². The first kappa shape index (κ1) is 21.3. The summed E-state index contributed by atoms with van der Waals surface area (Å²) in [6, 6.07) is 23.5. The van der Waals surface area contributed by atoms with E-state index in [-0.39, 0.29) is 24.1 Å². The Morgan fingerprint density at radius 1 is 0.938 bits per heavy atom. The minimum Gasteiger partial charge on any atom is -0.345 e. The Bertz CT molecular complexity index is 1130. The summed E-state index contributed by atoms with van der Waals surface area (Å²) < 4.78 is 0. The van der Waals surface area contributed by atoms with Crippen molar-refractivity contribution in [3.05, 3.63) is 95.6 Å². The Morgan fingerprint density at radius 2 is 1.62 bits per heavy atom. The van der Waals surface area contributed by atoms with Crippen molar-refractivity contribution in [1.82, 2.24) is 5.32 Å². The molecule has 3 aromatic rings. The van der Waals surface area contributed by atoms with Gasteiger partial charge in [-0.25, -0.2) is 0 Å². The van der Waals surface area contributed by atoms with Crippen LogP contribution in [0.1, 0.15) is 40.9 Å². The number of carbonyl (C=O) groups excluding carboxylic acids is 3. The summed E-state index contributed by atoms with van der Waals surface area (Å²) in [6.07, 6.45) is 0.859. The molecule has 3 amide bonds. The van der Waals surface area contributed by atoms with Crippen LogP contribution in [-0.4, -0.2) is 24.3 Å². The molecule has 32 heavy (non-hydrogen) atoms. The van der Waals surface area contributed by atoms with Crippen molar-refractivity contribution in [2.24, 2.45) is 0 Å². The fourth-order valence-corrected chi connectivity index (χ4v) is 3.97. The van der Waals surface area contributed by atoms with Crippen molar-refractivity contribution in [2.75, 3.05) is 16.8 Å². The highest BCUT2D eigenvalue weighted by molar-refractivity contribution is 5.97. The van der Waals surface area contributed by atoms with Crippen LogP contribution in [0.4, 0.5) is 11.4 Å². The minimum absolute atomic E-state index is 0.0143. The SMILES string of the molecule is CC(=O)N1CCc2cc(NC(=O)CC(NC(=O)c3ccccc3)c3ccccc3)ccc21. The molecule has 1 aliphatic rings. The van der Waals surface area contributed by atoms with E-state index in [1.807, 2.05) is 48.5 Å². The minimum atomic E-state index is -0.466. The predicted octanol–water partition coefficient (Wildman–Crippen LogP) is 4.10. The van der Waals surface area contributed by atoms with Gasteiger partial charge in [-0.05, 0) is 47.9 Å². The van der Waals surface area contributed by atoms with E-state index in [2.05, 4.69) is 10.6 Å². The molecular formula is C26H25N3O3. The summed E-state index contributed by atoms with van der Waals surface area (Å²) in [7, 11) is 0. The third-order valence-corrected chi connectivity index (χ3v) is 5.57. The number of hydrogen-bond acceptors (Lipinski definition) is 3. The Balaban J connectivity index is 1.47. The summed E-state index contributed by atoms with van der Waals surface area (Å²) in [4.78, 5) is 39.0. The number of benzene rings is 3. The highest BCUT2D eigenvalue weighted by atomic mass is 16.2. The van der Waals surface area contributed by atoms with Gasteiger partial charge in [0.05, 0.1) is 12.5 Å². The molecule has 6 heteroatoms. The van der Waals surface area contributed by atoms with Crippen molar-refractivity contribution < 1.29 is 14.4 Å². The largest absolute Gasteiger partial charge is 0.345 e.